The van der Waals surface area contributed by atoms with Gasteiger partial charge < -0.3 is 24.8 Å². The maximum absolute atomic E-state index is 13.7. The number of methoxy groups -OCH3 is 3. The predicted octanol–water partition coefficient (Wildman–Crippen LogP) is 7.58. The van der Waals surface area contributed by atoms with Gasteiger partial charge in [-0.25, -0.2) is 0 Å². The molecule has 5 aromatic rings. The van der Waals surface area contributed by atoms with Gasteiger partial charge in [0.1, 0.15) is 5.70 Å². The monoisotopic (exact) mass is 673 g/mol. The van der Waals surface area contributed by atoms with Crippen LogP contribution in [-0.4, -0.2) is 44.8 Å². The van der Waals surface area contributed by atoms with Crippen molar-refractivity contribution in [1.29, 1.82) is 0 Å². The molecule has 0 aliphatic rings. The van der Waals surface area contributed by atoms with Crippen molar-refractivity contribution in [2.24, 2.45) is 0 Å². The smallest absolute Gasteiger partial charge is 0.272 e. The molecule has 49 heavy (non-hydrogen) atoms. The second kappa shape index (κ2) is 16.7. The number of carbonyl (C=O) groups is 3. The molecule has 0 heterocycles. The number of hydrogen-bond acceptors (Lipinski definition) is 7. The van der Waals surface area contributed by atoms with E-state index in [1.165, 1.54) is 39.2 Å². The van der Waals surface area contributed by atoms with E-state index >= 15 is 0 Å². The minimum absolute atomic E-state index is 0.0160. The first kappa shape index (κ1) is 34.3. The first-order valence-corrected chi connectivity index (χ1v) is 16.2. The van der Waals surface area contributed by atoms with Crippen LogP contribution in [0, 0.1) is 0 Å². The summed E-state index contributed by atoms with van der Waals surface area (Å²) in [6, 6.07) is 38.1. The number of nitrogens with one attached hydrogen (secondary N) is 2. The summed E-state index contributed by atoms with van der Waals surface area (Å²) in [7, 11) is 4.49. The summed E-state index contributed by atoms with van der Waals surface area (Å²) >= 11 is 1.35. The number of rotatable bonds is 13. The van der Waals surface area contributed by atoms with Gasteiger partial charge in [-0.3, -0.25) is 19.3 Å². The Bertz CT molecular complexity index is 1870. The second-order valence-corrected chi connectivity index (χ2v) is 11.6. The van der Waals surface area contributed by atoms with Crippen molar-refractivity contribution in [2.75, 3.05) is 37.3 Å². The Morgan fingerprint density at radius 2 is 1.27 bits per heavy atom. The molecule has 2 N–H and O–H groups in total. The Morgan fingerprint density at radius 1 is 0.694 bits per heavy atom. The first-order valence-electron chi connectivity index (χ1n) is 15.3. The molecule has 0 atom stereocenters. The lowest BCUT2D eigenvalue weighted by atomic mass is 10.1. The third kappa shape index (κ3) is 8.88. The van der Waals surface area contributed by atoms with Gasteiger partial charge in [-0.15, -0.1) is 11.8 Å². The normalized spacial score (nSPS) is 10.9. The first-order chi connectivity index (χ1) is 23.9. The number of nitrogens with zero attached hydrogens (tertiary/aromatic N) is 1. The molecule has 248 valence electrons. The van der Waals surface area contributed by atoms with Crippen LogP contribution in [0.15, 0.2) is 138 Å². The maximum atomic E-state index is 13.7. The van der Waals surface area contributed by atoms with Crippen LogP contribution in [0.3, 0.4) is 0 Å². The van der Waals surface area contributed by atoms with E-state index in [4.69, 9.17) is 14.2 Å². The third-order valence-corrected chi connectivity index (χ3v) is 8.24. The van der Waals surface area contributed by atoms with E-state index in [2.05, 4.69) is 10.6 Å². The summed E-state index contributed by atoms with van der Waals surface area (Å²) in [6.45, 7) is 0. The van der Waals surface area contributed by atoms with Gasteiger partial charge in [0.2, 0.25) is 11.7 Å². The van der Waals surface area contributed by atoms with Crippen molar-refractivity contribution in [3.05, 3.63) is 144 Å². The zero-order valence-corrected chi connectivity index (χ0v) is 28.0. The lowest BCUT2D eigenvalue weighted by Crippen LogP contribution is -2.30. The number of benzene rings is 5. The molecule has 0 saturated carbocycles. The lowest BCUT2D eigenvalue weighted by Gasteiger charge is -2.23. The zero-order chi connectivity index (χ0) is 34.6. The van der Waals surface area contributed by atoms with Gasteiger partial charge >= 0.3 is 0 Å². The fourth-order valence-electron chi connectivity index (χ4n) is 4.96. The highest BCUT2D eigenvalue weighted by atomic mass is 32.2. The summed E-state index contributed by atoms with van der Waals surface area (Å²) in [5, 5.41) is 5.63. The Balaban J connectivity index is 1.37. The van der Waals surface area contributed by atoms with Crippen LogP contribution in [-0.2, 0) is 9.59 Å². The molecule has 9 nitrogen and oxygen atoms in total. The minimum atomic E-state index is -0.560. The molecular formula is C39H35N3O6S. The van der Waals surface area contributed by atoms with Gasteiger partial charge in [-0.05, 0) is 78.4 Å². The molecule has 0 aliphatic heterocycles. The molecule has 0 spiro atoms. The molecule has 5 aromatic carbocycles. The fraction of sp³-hybridized carbons (Fsp3) is 0.103. The van der Waals surface area contributed by atoms with Crippen LogP contribution >= 0.6 is 11.8 Å². The van der Waals surface area contributed by atoms with E-state index in [0.717, 1.165) is 16.3 Å². The molecule has 0 fully saturated rings. The molecular weight excluding hydrogens is 639 g/mol. The Morgan fingerprint density at radius 3 is 1.82 bits per heavy atom. The molecule has 0 aromatic heterocycles. The van der Waals surface area contributed by atoms with Crippen molar-refractivity contribution in [2.45, 2.75) is 4.90 Å². The SMILES string of the molecule is COc1cc(/C=C(\NC(=O)c2ccccc2)C(=O)Nc2cccc(SCC(=O)N(c3ccccc3)c3ccccc3)c2)cc(OC)c1OC. The summed E-state index contributed by atoms with van der Waals surface area (Å²) in [5.41, 5.74) is 2.91. The standard InChI is InChI=1S/C39H35N3O6S/c1-46-34-23-27(24-35(47-2)37(34)48-3)22-33(41-38(44)28-14-7-4-8-15-28)39(45)40-29-16-13-21-32(25-29)49-26-36(43)42(30-17-9-5-10-18-30)31-19-11-6-12-20-31/h4-25H,26H2,1-3H3,(H,40,45)(H,41,44)/b33-22-. The molecule has 0 saturated heterocycles. The van der Waals surface area contributed by atoms with E-state index < -0.39 is 11.8 Å². The highest BCUT2D eigenvalue weighted by Gasteiger charge is 2.20. The average Bonchev–Trinajstić information content (AvgIpc) is 3.14. The van der Waals surface area contributed by atoms with Gasteiger partial charge in [0.15, 0.2) is 11.5 Å². The molecule has 0 bridgehead atoms. The van der Waals surface area contributed by atoms with Crippen molar-refractivity contribution in [3.63, 3.8) is 0 Å². The number of anilines is 3. The van der Waals surface area contributed by atoms with Crippen LogP contribution in [0.4, 0.5) is 17.1 Å². The minimum Gasteiger partial charge on any atom is -0.493 e. The number of carbonyl (C=O) groups excluding carboxylic acids is 3. The van der Waals surface area contributed by atoms with Crippen molar-refractivity contribution in [3.8, 4) is 17.2 Å². The highest BCUT2D eigenvalue weighted by molar-refractivity contribution is 8.00. The van der Waals surface area contributed by atoms with Crippen LogP contribution in [0.1, 0.15) is 15.9 Å². The summed E-state index contributed by atoms with van der Waals surface area (Å²) in [5.74, 6) is 0.204. The molecule has 5 rings (SSSR count). The average molecular weight is 674 g/mol. The van der Waals surface area contributed by atoms with Gasteiger partial charge in [-0.2, -0.15) is 0 Å². The highest BCUT2D eigenvalue weighted by Crippen LogP contribution is 2.39. The quantitative estimate of drug-likeness (QED) is 0.0981. The van der Waals surface area contributed by atoms with Crippen molar-refractivity contribution >= 4 is 52.6 Å². The molecule has 0 unspecified atom stereocenters. The van der Waals surface area contributed by atoms with E-state index in [-0.39, 0.29) is 17.4 Å². The Kier molecular flexibility index (Phi) is 11.7. The summed E-state index contributed by atoms with van der Waals surface area (Å²) in [4.78, 5) is 42.9. The number of ether oxygens (including phenoxy) is 3. The van der Waals surface area contributed by atoms with Gasteiger partial charge in [-0.1, -0.05) is 60.7 Å². The van der Waals surface area contributed by atoms with Gasteiger partial charge in [0.05, 0.1) is 27.1 Å². The summed E-state index contributed by atoms with van der Waals surface area (Å²) in [6.07, 6.45) is 1.53. The van der Waals surface area contributed by atoms with Gasteiger partial charge in [0.25, 0.3) is 11.8 Å². The van der Waals surface area contributed by atoms with Crippen LogP contribution in [0.5, 0.6) is 17.2 Å². The number of para-hydroxylation sites is 2. The van der Waals surface area contributed by atoms with Crippen LogP contribution in [0.25, 0.3) is 6.08 Å². The largest absolute Gasteiger partial charge is 0.493 e. The number of amides is 3. The molecule has 0 radical (unpaired) electrons. The van der Waals surface area contributed by atoms with Crippen LogP contribution in [0.2, 0.25) is 0 Å². The summed E-state index contributed by atoms with van der Waals surface area (Å²) < 4.78 is 16.4. The van der Waals surface area contributed by atoms with E-state index in [9.17, 15) is 14.4 Å². The number of hydrogen-bond donors (Lipinski definition) is 2. The Labute approximate surface area is 289 Å². The molecule has 10 heteroatoms. The molecule has 0 aliphatic carbocycles. The number of thioether (sulfide) groups is 1. The lowest BCUT2D eigenvalue weighted by molar-refractivity contribution is -0.115. The van der Waals surface area contributed by atoms with Gasteiger partial charge in [0, 0.05) is 27.5 Å². The topological polar surface area (TPSA) is 106 Å². The third-order valence-electron chi connectivity index (χ3n) is 7.26. The zero-order valence-electron chi connectivity index (χ0n) is 27.2. The maximum Gasteiger partial charge on any atom is 0.272 e. The van der Waals surface area contributed by atoms with E-state index in [0.29, 0.717) is 34.1 Å². The van der Waals surface area contributed by atoms with Crippen LogP contribution < -0.4 is 29.7 Å². The predicted molar refractivity (Wildman–Crippen MR) is 194 cm³/mol. The van der Waals surface area contributed by atoms with E-state index in [1.807, 2.05) is 66.7 Å². The molecule has 3 amide bonds. The van der Waals surface area contributed by atoms with Crippen molar-refractivity contribution in [1.82, 2.24) is 5.32 Å². The van der Waals surface area contributed by atoms with E-state index in [1.54, 1.807) is 65.6 Å². The van der Waals surface area contributed by atoms with Crippen molar-refractivity contribution < 1.29 is 28.6 Å². The second-order valence-electron chi connectivity index (χ2n) is 10.5. The fourth-order valence-corrected chi connectivity index (χ4v) is 5.76. The Hall–Kier alpha value is -6.00.